The summed E-state index contributed by atoms with van der Waals surface area (Å²) < 4.78 is 2.01. The van der Waals surface area contributed by atoms with Crippen LogP contribution in [0.15, 0.2) is 55.0 Å². The molecule has 4 heteroatoms. The fraction of sp³-hybridized carbons (Fsp3) is 0.125. The SMILES string of the molecule is Cn1ccc2c(C(=O)NCc3cccnc3)cccc21. The van der Waals surface area contributed by atoms with E-state index < -0.39 is 0 Å². The van der Waals surface area contributed by atoms with Gasteiger partial charge in [0.05, 0.1) is 0 Å². The van der Waals surface area contributed by atoms with E-state index in [1.165, 1.54) is 0 Å². The molecule has 0 unspecified atom stereocenters. The van der Waals surface area contributed by atoms with Crippen molar-refractivity contribution in [1.29, 1.82) is 0 Å². The van der Waals surface area contributed by atoms with Gasteiger partial charge in [-0.1, -0.05) is 12.1 Å². The smallest absolute Gasteiger partial charge is 0.252 e. The van der Waals surface area contributed by atoms with Crippen molar-refractivity contribution in [3.05, 3.63) is 66.1 Å². The first kappa shape index (κ1) is 12.4. The maximum Gasteiger partial charge on any atom is 0.252 e. The van der Waals surface area contributed by atoms with E-state index in [1.54, 1.807) is 12.4 Å². The predicted molar refractivity (Wildman–Crippen MR) is 78.3 cm³/mol. The van der Waals surface area contributed by atoms with Crippen molar-refractivity contribution in [2.24, 2.45) is 7.05 Å². The maximum absolute atomic E-state index is 12.3. The first-order valence-electron chi connectivity index (χ1n) is 6.47. The molecule has 0 atom stereocenters. The second-order valence-electron chi connectivity index (χ2n) is 4.71. The number of hydrogen-bond donors (Lipinski definition) is 1. The fourth-order valence-electron chi connectivity index (χ4n) is 2.28. The van der Waals surface area contributed by atoms with E-state index in [1.807, 2.05) is 54.2 Å². The van der Waals surface area contributed by atoms with Gasteiger partial charge in [0, 0.05) is 48.6 Å². The van der Waals surface area contributed by atoms with Gasteiger partial charge in [0.15, 0.2) is 0 Å². The van der Waals surface area contributed by atoms with Crippen LogP contribution >= 0.6 is 0 Å². The highest BCUT2D eigenvalue weighted by atomic mass is 16.1. The molecule has 0 aliphatic heterocycles. The first-order valence-corrected chi connectivity index (χ1v) is 6.47. The highest BCUT2D eigenvalue weighted by Crippen LogP contribution is 2.19. The van der Waals surface area contributed by atoms with Gasteiger partial charge in [0.1, 0.15) is 0 Å². The van der Waals surface area contributed by atoms with E-state index in [0.29, 0.717) is 12.1 Å². The third-order valence-electron chi connectivity index (χ3n) is 3.35. The summed E-state index contributed by atoms with van der Waals surface area (Å²) in [6, 6.07) is 11.5. The molecule has 3 aromatic rings. The molecule has 0 saturated heterocycles. The van der Waals surface area contributed by atoms with Crippen molar-refractivity contribution in [3.63, 3.8) is 0 Å². The molecular formula is C16H15N3O. The number of hydrogen-bond acceptors (Lipinski definition) is 2. The van der Waals surface area contributed by atoms with Crippen molar-refractivity contribution in [1.82, 2.24) is 14.9 Å². The van der Waals surface area contributed by atoms with E-state index >= 15 is 0 Å². The predicted octanol–water partition coefficient (Wildman–Crippen LogP) is 2.50. The summed E-state index contributed by atoms with van der Waals surface area (Å²) in [6.45, 7) is 0.482. The molecule has 0 aliphatic rings. The molecule has 1 aromatic carbocycles. The lowest BCUT2D eigenvalue weighted by atomic mass is 10.1. The van der Waals surface area contributed by atoms with Crippen LogP contribution in [-0.2, 0) is 13.6 Å². The highest BCUT2D eigenvalue weighted by molar-refractivity contribution is 6.06. The largest absolute Gasteiger partial charge is 0.351 e. The molecule has 0 bridgehead atoms. The molecule has 1 amide bonds. The summed E-state index contributed by atoms with van der Waals surface area (Å²) in [6.07, 6.45) is 5.43. The lowest BCUT2D eigenvalue weighted by molar-refractivity contribution is 0.0952. The van der Waals surface area contributed by atoms with Crippen LogP contribution in [0, 0.1) is 0 Å². The number of rotatable bonds is 3. The second kappa shape index (κ2) is 5.17. The Kier molecular flexibility index (Phi) is 3.21. The molecule has 2 heterocycles. The van der Waals surface area contributed by atoms with Crippen LogP contribution in [0.3, 0.4) is 0 Å². The number of amides is 1. The molecule has 0 saturated carbocycles. The maximum atomic E-state index is 12.3. The number of aromatic nitrogens is 2. The van der Waals surface area contributed by atoms with E-state index in [0.717, 1.165) is 16.5 Å². The van der Waals surface area contributed by atoms with Gasteiger partial charge in [-0.3, -0.25) is 9.78 Å². The Hall–Kier alpha value is -2.62. The fourth-order valence-corrected chi connectivity index (χ4v) is 2.28. The zero-order valence-electron chi connectivity index (χ0n) is 11.2. The number of carbonyl (C=O) groups excluding carboxylic acids is 1. The Morgan fingerprint density at radius 3 is 2.95 bits per heavy atom. The van der Waals surface area contributed by atoms with Gasteiger partial charge in [-0.15, -0.1) is 0 Å². The van der Waals surface area contributed by atoms with Crippen LogP contribution in [0.1, 0.15) is 15.9 Å². The van der Waals surface area contributed by atoms with Gasteiger partial charge in [0.2, 0.25) is 0 Å². The van der Waals surface area contributed by atoms with Gasteiger partial charge >= 0.3 is 0 Å². The van der Waals surface area contributed by atoms with Crippen molar-refractivity contribution < 1.29 is 4.79 Å². The quantitative estimate of drug-likeness (QED) is 0.791. The Bertz CT molecular complexity index is 747. The summed E-state index contributed by atoms with van der Waals surface area (Å²) in [5.41, 5.74) is 2.74. The third-order valence-corrected chi connectivity index (χ3v) is 3.35. The number of carbonyl (C=O) groups is 1. The molecule has 0 fully saturated rings. The molecule has 4 nitrogen and oxygen atoms in total. The summed E-state index contributed by atoms with van der Waals surface area (Å²) in [5, 5.41) is 3.90. The average Bonchev–Trinajstić information content (AvgIpc) is 2.87. The Morgan fingerprint density at radius 1 is 1.25 bits per heavy atom. The molecule has 2 aromatic heterocycles. The molecule has 0 spiro atoms. The standard InChI is InChI=1S/C16H15N3O/c1-19-9-7-13-14(5-2-6-15(13)19)16(20)18-11-12-4-3-8-17-10-12/h2-10H,11H2,1H3,(H,18,20). The Morgan fingerprint density at radius 2 is 2.15 bits per heavy atom. The lowest BCUT2D eigenvalue weighted by Gasteiger charge is -2.06. The molecular weight excluding hydrogens is 250 g/mol. The Balaban J connectivity index is 1.82. The van der Waals surface area contributed by atoms with Crippen LogP contribution in [0.2, 0.25) is 0 Å². The molecule has 0 aliphatic carbocycles. The van der Waals surface area contributed by atoms with E-state index in [-0.39, 0.29) is 5.91 Å². The third kappa shape index (κ3) is 2.28. The monoisotopic (exact) mass is 265 g/mol. The first-order chi connectivity index (χ1) is 9.75. The summed E-state index contributed by atoms with van der Waals surface area (Å²) in [4.78, 5) is 16.3. The highest BCUT2D eigenvalue weighted by Gasteiger charge is 2.10. The topological polar surface area (TPSA) is 46.9 Å². The van der Waals surface area contributed by atoms with Crippen LogP contribution in [0.25, 0.3) is 10.9 Å². The zero-order chi connectivity index (χ0) is 13.9. The van der Waals surface area contributed by atoms with E-state index in [9.17, 15) is 4.79 Å². The van der Waals surface area contributed by atoms with Crippen LogP contribution in [0.4, 0.5) is 0 Å². The van der Waals surface area contributed by atoms with Gasteiger partial charge in [0.25, 0.3) is 5.91 Å². The number of aryl methyl sites for hydroxylation is 1. The Labute approximate surface area is 117 Å². The lowest BCUT2D eigenvalue weighted by Crippen LogP contribution is -2.23. The average molecular weight is 265 g/mol. The molecule has 20 heavy (non-hydrogen) atoms. The number of nitrogens with zero attached hydrogens (tertiary/aromatic N) is 2. The minimum atomic E-state index is -0.0642. The molecule has 3 rings (SSSR count). The van der Waals surface area contributed by atoms with Gasteiger partial charge in [-0.05, 0) is 29.8 Å². The van der Waals surface area contributed by atoms with Crippen molar-refractivity contribution in [3.8, 4) is 0 Å². The van der Waals surface area contributed by atoms with Crippen molar-refractivity contribution in [2.45, 2.75) is 6.54 Å². The summed E-state index contributed by atoms with van der Waals surface area (Å²) in [7, 11) is 1.97. The van der Waals surface area contributed by atoms with Crippen LogP contribution in [0.5, 0.6) is 0 Å². The minimum Gasteiger partial charge on any atom is -0.351 e. The van der Waals surface area contributed by atoms with E-state index in [4.69, 9.17) is 0 Å². The summed E-state index contributed by atoms with van der Waals surface area (Å²) in [5.74, 6) is -0.0642. The van der Waals surface area contributed by atoms with Gasteiger partial charge in [-0.2, -0.15) is 0 Å². The van der Waals surface area contributed by atoms with Crippen molar-refractivity contribution in [2.75, 3.05) is 0 Å². The molecule has 100 valence electrons. The zero-order valence-corrected chi connectivity index (χ0v) is 11.2. The number of nitrogens with one attached hydrogen (secondary N) is 1. The molecule has 0 radical (unpaired) electrons. The van der Waals surface area contributed by atoms with E-state index in [2.05, 4.69) is 10.3 Å². The van der Waals surface area contributed by atoms with Crippen molar-refractivity contribution >= 4 is 16.8 Å². The van der Waals surface area contributed by atoms with Crippen LogP contribution < -0.4 is 5.32 Å². The molecule has 1 N–H and O–H groups in total. The number of pyridine rings is 1. The van der Waals surface area contributed by atoms with Gasteiger partial charge in [-0.25, -0.2) is 0 Å². The number of benzene rings is 1. The summed E-state index contributed by atoms with van der Waals surface area (Å²) >= 11 is 0. The van der Waals surface area contributed by atoms with Crippen LogP contribution in [-0.4, -0.2) is 15.5 Å². The minimum absolute atomic E-state index is 0.0642. The normalized spacial score (nSPS) is 10.7. The van der Waals surface area contributed by atoms with Gasteiger partial charge < -0.3 is 9.88 Å². The second-order valence-corrected chi connectivity index (χ2v) is 4.71. The number of fused-ring (bicyclic) bond motifs is 1.